The van der Waals surface area contributed by atoms with Crippen LogP contribution < -0.4 is 15.5 Å². The average molecular weight is 458 g/mol. The highest BCUT2D eigenvalue weighted by molar-refractivity contribution is 6.05. The van der Waals surface area contributed by atoms with Gasteiger partial charge < -0.3 is 15.4 Å². The Morgan fingerprint density at radius 2 is 1.41 bits per heavy atom. The third kappa shape index (κ3) is 5.09. The molecule has 3 aromatic carbocycles. The number of ether oxygens (including phenoxy) is 1. The maximum absolute atomic E-state index is 13.4. The Morgan fingerprint density at radius 1 is 0.853 bits per heavy atom. The van der Waals surface area contributed by atoms with E-state index in [1.165, 1.54) is 0 Å². The number of carbonyl (C=O) groups excluding carboxylic acids is 3. The Bertz CT molecular complexity index is 1170. The summed E-state index contributed by atoms with van der Waals surface area (Å²) >= 11 is 0. The van der Waals surface area contributed by atoms with Crippen LogP contribution in [-0.2, 0) is 22.4 Å². The van der Waals surface area contributed by atoms with E-state index in [-0.39, 0.29) is 17.5 Å². The van der Waals surface area contributed by atoms with Crippen molar-refractivity contribution in [1.82, 2.24) is 5.32 Å². The minimum absolute atomic E-state index is 0.0592. The first kappa shape index (κ1) is 23.0. The zero-order valence-corrected chi connectivity index (χ0v) is 19.2. The highest BCUT2D eigenvalue weighted by atomic mass is 16.5. The maximum Gasteiger partial charge on any atom is 0.340 e. The van der Waals surface area contributed by atoms with Gasteiger partial charge in [-0.2, -0.15) is 0 Å². The molecule has 0 aliphatic carbocycles. The maximum atomic E-state index is 13.4. The van der Waals surface area contributed by atoms with Gasteiger partial charge in [0.05, 0.1) is 22.6 Å². The fraction of sp³-hybridized carbons (Fsp3) is 0.222. The molecule has 3 aromatic rings. The van der Waals surface area contributed by atoms with Crippen LogP contribution in [-0.4, -0.2) is 30.6 Å². The molecule has 1 heterocycles. The molecule has 0 saturated carbocycles. The van der Waals surface area contributed by atoms with Crippen LogP contribution in [0.5, 0.6) is 0 Å². The van der Waals surface area contributed by atoms with Crippen molar-refractivity contribution in [2.75, 3.05) is 16.8 Å². The van der Waals surface area contributed by atoms with Gasteiger partial charge in [0.25, 0.3) is 5.91 Å². The average Bonchev–Trinajstić information content (AvgIpc) is 2.99. The van der Waals surface area contributed by atoms with Gasteiger partial charge in [-0.05, 0) is 62.1 Å². The molecule has 2 N–H and O–H groups in total. The number of urea groups is 1. The predicted molar refractivity (Wildman–Crippen MR) is 131 cm³/mol. The van der Waals surface area contributed by atoms with Crippen molar-refractivity contribution >= 4 is 35.0 Å². The van der Waals surface area contributed by atoms with Crippen LogP contribution in [0.25, 0.3) is 0 Å². The van der Waals surface area contributed by atoms with Gasteiger partial charge in [-0.1, -0.05) is 48.5 Å². The van der Waals surface area contributed by atoms with E-state index in [1.54, 1.807) is 29.2 Å². The second-order valence-corrected chi connectivity index (χ2v) is 8.36. The van der Waals surface area contributed by atoms with Gasteiger partial charge in [0.1, 0.15) is 0 Å². The third-order valence-electron chi connectivity index (χ3n) is 5.52. The summed E-state index contributed by atoms with van der Waals surface area (Å²) in [6.07, 6.45) is 1.63. The molecule has 0 bridgehead atoms. The summed E-state index contributed by atoms with van der Waals surface area (Å²) in [7, 11) is 0. The SMILES string of the molecule is CC(C)NC(=O)Nc1ccccc1C(=O)OCC(=O)N1c2ccccc2CCc2ccccc21. The summed E-state index contributed by atoms with van der Waals surface area (Å²) in [5.74, 6) is -1.04. The minimum atomic E-state index is -0.690. The van der Waals surface area contributed by atoms with E-state index in [2.05, 4.69) is 10.6 Å². The summed E-state index contributed by atoms with van der Waals surface area (Å²) < 4.78 is 5.42. The molecule has 0 saturated heterocycles. The van der Waals surface area contributed by atoms with Crippen LogP contribution in [0.15, 0.2) is 72.8 Å². The lowest BCUT2D eigenvalue weighted by atomic mass is 10.0. The Kier molecular flexibility index (Phi) is 6.92. The molecule has 0 unspecified atom stereocenters. The minimum Gasteiger partial charge on any atom is -0.452 e. The summed E-state index contributed by atoms with van der Waals surface area (Å²) in [5.41, 5.74) is 4.18. The normalized spacial score (nSPS) is 12.3. The van der Waals surface area contributed by atoms with Crippen LogP contribution >= 0.6 is 0 Å². The number of hydrogen-bond donors (Lipinski definition) is 2. The number of anilines is 3. The number of carbonyl (C=O) groups is 3. The molecule has 4 rings (SSSR count). The van der Waals surface area contributed by atoms with Gasteiger partial charge in [0.2, 0.25) is 0 Å². The van der Waals surface area contributed by atoms with E-state index in [0.29, 0.717) is 5.69 Å². The Balaban J connectivity index is 1.53. The number of nitrogens with zero attached hydrogens (tertiary/aromatic N) is 1. The lowest BCUT2D eigenvalue weighted by molar-refractivity contribution is -0.120. The monoisotopic (exact) mass is 457 g/mol. The van der Waals surface area contributed by atoms with Gasteiger partial charge >= 0.3 is 12.0 Å². The molecule has 7 heteroatoms. The largest absolute Gasteiger partial charge is 0.452 e. The standard InChI is InChI=1S/C27H27N3O4/c1-18(2)28-27(33)29-22-12-6-5-11-21(22)26(32)34-17-25(31)30-23-13-7-3-9-19(23)15-16-20-10-4-8-14-24(20)30/h3-14,18H,15-17H2,1-2H3,(H2,28,29,33). The van der Waals surface area contributed by atoms with Gasteiger partial charge in [0, 0.05) is 6.04 Å². The number of benzene rings is 3. The van der Waals surface area contributed by atoms with Crippen molar-refractivity contribution < 1.29 is 19.1 Å². The molecule has 0 atom stereocenters. The van der Waals surface area contributed by atoms with Crippen molar-refractivity contribution in [3.63, 3.8) is 0 Å². The zero-order valence-electron chi connectivity index (χ0n) is 19.2. The fourth-order valence-electron chi connectivity index (χ4n) is 4.01. The summed E-state index contributed by atoms with van der Waals surface area (Å²) in [6.45, 7) is 3.24. The van der Waals surface area contributed by atoms with E-state index >= 15 is 0 Å². The molecule has 1 aliphatic heterocycles. The smallest absolute Gasteiger partial charge is 0.340 e. The topological polar surface area (TPSA) is 87.7 Å². The van der Waals surface area contributed by atoms with Gasteiger partial charge in [-0.3, -0.25) is 9.69 Å². The Morgan fingerprint density at radius 3 is 2.03 bits per heavy atom. The first-order valence-corrected chi connectivity index (χ1v) is 11.3. The molecule has 34 heavy (non-hydrogen) atoms. The highest BCUT2D eigenvalue weighted by Gasteiger charge is 2.26. The van der Waals surface area contributed by atoms with Gasteiger partial charge in [-0.25, -0.2) is 9.59 Å². The number of fused-ring (bicyclic) bond motifs is 2. The van der Waals surface area contributed by atoms with Crippen LogP contribution in [0.3, 0.4) is 0 Å². The number of aryl methyl sites for hydroxylation is 2. The quantitative estimate of drug-likeness (QED) is 0.537. The van der Waals surface area contributed by atoms with E-state index in [0.717, 1.165) is 35.3 Å². The van der Waals surface area contributed by atoms with Crippen LogP contribution in [0, 0.1) is 0 Å². The number of esters is 1. The van der Waals surface area contributed by atoms with Crippen LogP contribution in [0.1, 0.15) is 35.3 Å². The number of nitrogens with one attached hydrogen (secondary N) is 2. The third-order valence-corrected chi connectivity index (χ3v) is 5.52. The summed E-state index contributed by atoms with van der Waals surface area (Å²) in [6, 6.07) is 21.6. The first-order valence-electron chi connectivity index (χ1n) is 11.3. The molecule has 174 valence electrons. The van der Waals surface area contributed by atoms with Crippen LogP contribution in [0.2, 0.25) is 0 Å². The van der Waals surface area contributed by atoms with E-state index < -0.39 is 18.6 Å². The highest BCUT2D eigenvalue weighted by Crippen LogP contribution is 2.36. The van der Waals surface area contributed by atoms with Crippen molar-refractivity contribution in [3.05, 3.63) is 89.5 Å². The second-order valence-electron chi connectivity index (χ2n) is 8.36. The van der Waals surface area contributed by atoms with Crippen molar-refractivity contribution in [2.45, 2.75) is 32.7 Å². The number of hydrogen-bond acceptors (Lipinski definition) is 4. The van der Waals surface area contributed by atoms with Crippen molar-refractivity contribution in [2.24, 2.45) is 0 Å². The predicted octanol–water partition coefficient (Wildman–Crippen LogP) is 4.84. The molecular weight excluding hydrogens is 430 g/mol. The second kappa shape index (κ2) is 10.2. The van der Waals surface area contributed by atoms with Gasteiger partial charge in [-0.15, -0.1) is 0 Å². The molecular formula is C27H27N3O4. The van der Waals surface area contributed by atoms with Crippen molar-refractivity contribution in [3.8, 4) is 0 Å². The molecule has 0 fully saturated rings. The molecule has 3 amide bonds. The number of rotatable bonds is 5. The van der Waals surface area contributed by atoms with Crippen LogP contribution in [0.4, 0.5) is 21.9 Å². The molecule has 0 radical (unpaired) electrons. The molecule has 1 aliphatic rings. The Hall–Kier alpha value is -4.13. The first-order chi connectivity index (χ1) is 16.4. The molecule has 0 spiro atoms. The fourth-order valence-corrected chi connectivity index (χ4v) is 4.01. The lowest BCUT2D eigenvalue weighted by Crippen LogP contribution is -2.34. The molecule has 7 nitrogen and oxygen atoms in total. The van der Waals surface area contributed by atoms with Gasteiger partial charge in [0.15, 0.2) is 6.61 Å². The summed E-state index contributed by atoms with van der Waals surface area (Å²) in [5, 5.41) is 5.37. The number of para-hydroxylation sites is 3. The van der Waals surface area contributed by atoms with E-state index in [9.17, 15) is 14.4 Å². The lowest BCUT2D eigenvalue weighted by Gasteiger charge is -2.25. The van der Waals surface area contributed by atoms with Crippen molar-refractivity contribution in [1.29, 1.82) is 0 Å². The van der Waals surface area contributed by atoms with E-state index in [4.69, 9.17) is 4.74 Å². The number of amides is 3. The van der Waals surface area contributed by atoms with E-state index in [1.807, 2.05) is 62.4 Å². The molecule has 0 aromatic heterocycles. The Labute approximate surface area is 198 Å². The summed E-state index contributed by atoms with van der Waals surface area (Å²) in [4.78, 5) is 39.9. The zero-order chi connectivity index (χ0) is 24.1.